The molecular formula is C26H20F2N4O2. The summed E-state index contributed by atoms with van der Waals surface area (Å²) in [5.74, 6) is -1.63. The van der Waals surface area contributed by atoms with Gasteiger partial charge >= 0.3 is 0 Å². The van der Waals surface area contributed by atoms with Gasteiger partial charge in [-0.2, -0.15) is 0 Å². The summed E-state index contributed by atoms with van der Waals surface area (Å²) in [4.78, 5) is 36.8. The highest BCUT2D eigenvalue weighted by atomic mass is 19.1. The van der Waals surface area contributed by atoms with Gasteiger partial charge < -0.3 is 10.2 Å². The Hall–Kier alpha value is -4.20. The van der Waals surface area contributed by atoms with Crippen molar-refractivity contribution < 1.29 is 18.4 Å². The molecule has 1 N–H and O–H groups in total. The normalized spacial score (nSPS) is 13.3. The van der Waals surface area contributed by atoms with E-state index in [4.69, 9.17) is 0 Å². The lowest BCUT2D eigenvalue weighted by Crippen LogP contribution is -2.19. The van der Waals surface area contributed by atoms with Crippen molar-refractivity contribution in [3.8, 4) is 0 Å². The summed E-state index contributed by atoms with van der Waals surface area (Å²) in [5.41, 5.74) is 1.57. The molecule has 1 saturated heterocycles. The van der Waals surface area contributed by atoms with Crippen molar-refractivity contribution in [3.63, 3.8) is 0 Å². The summed E-state index contributed by atoms with van der Waals surface area (Å²) in [6.07, 6.45) is 3.92. The second-order valence-corrected chi connectivity index (χ2v) is 8.11. The van der Waals surface area contributed by atoms with Gasteiger partial charge in [0.25, 0.3) is 5.91 Å². The molecule has 1 aliphatic rings. The number of anilines is 2. The van der Waals surface area contributed by atoms with E-state index in [0.717, 1.165) is 43.9 Å². The fourth-order valence-electron chi connectivity index (χ4n) is 4.01. The highest BCUT2D eigenvalue weighted by Crippen LogP contribution is 2.23. The largest absolute Gasteiger partial charge is 0.355 e. The number of amides is 1. The molecule has 0 aliphatic carbocycles. The minimum Gasteiger partial charge on any atom is -0.355 e. The van der Waals surface area contributed by atoms with Gasteiger partial charge in [0.05, 0.1) is 22.8 Å². The van der Waals surface area contributed by atoms with Crippen molar-refractivity contribution in [2.45, 2.75) is 12.8 Å². The molecule has 3 aromatic carbocycles. The molecule has 0 saturated carbocycles. The van der Waals surface area contributed by atoms with E-state index in [9.17, 15) is 18.4 Å². The molecule has 1 aromatic heterocycles. The Morgan fingerprint density at radius 1 is 0.882 bits per heavy atom. The summed E-state index contributed by atoms with van der Waals surface area (Å²) in [5, 5.41) is 2.58. The zero-order valence-electron chi connectivity index (χ0n) is 18.1. The van der Waals surface area contributed by atoms with Crippen LogP contribution in [-0.4, -0.2) is 34.7 Å². The second-order valence-electron chi connectivity index (χ2n) is 8.11. The van der Waals surface area contributed by atoms with E-state index < -0.39 is 23.3 Å². The molecule has 1 aliphatic heterocycles. The van der Waals surface area contributed by atoms with Gasteiger partial charge in [-0.15, -0.1) is 0 Å². The number of aromatic nitrogens is 2. The van der Waals surface area contributed by atoms with Crippen LogP contribution in [0.25, 0.3) is 11.0 Å². The molecule has 0 bridgehead atoms. The zero-order chi connectivity index (χ0) is 23.7. The van der Waals surface area contributed by atoms with E-state index in [2.05, 4.69) is 20.2 Å². The Morgan fingerprint density at radius 3 is 2.50 bits per heavy atom. The van der Waals surface area contributed by atoms with Crippen molar-refractivity contribution in [2.24, 2.45) is 0 Å². The minimum atomic E-state index is -0.717. The standard InChI is InChI=1S/C26H20F2N4O2/c27-18-5-3-4-17(12-18)26(34)30-19-7-8-21(28)20(14-19)25(33)16-6-9-22-23(13-16)31-24(15-29-22)32-10-1-2-11-32/h3-9,12-15H,1-2,10-11H2,(H,30,34). The summed E-state index contributed by atoms with van der Waals surface area (Å²) >= 11 is 0. The van der Waals surface area contributed by atoms with Crippen LogP contribution >= 0.6 is 0 Å². The lowest BCUT2D eigenvalue weighted by Gasteiger charge is -2.16. The summed E-state index contributed by atoms with van der Waals surface area (Å²) in [7, 11) is 0. The first-order chi connectivity index (χ1) is 16.5. The van der Waals surface area contributed by atoms with Crippen LogP contribution in [-0.2, 0) is 0 Å². The predicted octanol–water partition coefficient (Wildman–Crippen LogP) is 4.99. The monoisotopic (exact) mass is 458 g/mol. The number of benzene rings is 3. The van der Waals surface area contributed by atoms with Gasteiger partial charge in [-0.3, -0.25) is 14.6 Å². The lowest BCUT2D eigenvalue weighted by molar-refractivity contribution is 0.101. The molecule has 170 valence electrons. The van der Waals surface area contributed by atoms with Gasteiger partial charge in [-0.1, -0.05) is 6.07 Å². The minimum absolute atomic E-state index is 0.110. The number of ketones is 1. The Bertz CT molecular complexity index is 1420. The first kappa shape index (κ1) is 21.6. The third-order valence-electron chi connectivity index (χ3n) is 5.78. The number of hydrogen-bond donors (Lipinski definition) is 1. The van der Waals surface area contributed by atoms with Crippen LogP contribution < -0.4 is 10.2 Å². The average molecular weight is 458 g/mol. The maximum absolute atomic E-state index is 14.6. The third kappa shape index (κ3) is 4.34. The smallest absolute Gasteiger partial charge is 0.255 e. The molecule has 8 heteroatoms. The second kappa shape index (κ2) is 8.97. The van der Waals surface area contributed by atoms with E-state index in [1.54, 1.807) is 24.4 Å². The summed E-state index contributed by atoms with van der Waals surface area (Å²) < 4.78 is 28.0. The van der Waals surface area contributed by atoms with Crippen LogP contribution in [0.3, 0.4) is 0 Å². The van der Waals surface area contributed by atoms with Crippen LogP contribution in [0.4, 0.5) is 20.3 Å². The molecule has 1 fully saturated rings. The van der Waals surface area contributed by atoms with Crippen LogP contribution in [0.5, 0.6) is 0 Å². The Kier molecular flexibility index (Phi) is 5.71. The Morgan fingerprint density at radius 2 is 1.71 bits per heavy atom. The number of carbonyl (C=O) groups excluding carboxylic acids is 2. The molecule has 0 radical (unpaired) electrons. The highest BCUT2D eigenvalue weighted by molar-refractivity contribution is 6.11. The first-order valence-corrected chi connectivity index (χ1v) is 10.9. The molecular weight excluding hydrogens is 438 g/mol. The summed E-state index contributed by atoms with van der Waals surface area (Å²) in [6.45, 7) is 1.83. The molecule has 1 amide bonds. The molecule has 0 unspecified atom stereocenters. The van der Waals surface area contributed by atoms with Gasteiger partial charge in [-0.05, 0) is 67.4 Å². The molecule has 0 spiro atoms. The predicted molar refractivity (Wildman–Crippen MR) is 125 cm³/mol. The molecule has 0 atom stereocenters. The van der Waals surface area contributed by atoms with E-state index in [1.165, 1.54) is 30.3 Å². The van der Waals surface area contributed by atoms with Crippen molar-refractivity contribution in [1.29, 1.82) is 0 Å². The van der Waals surface area contributed by atoms with Gasteiger partial charge in [-0.25, -0.2) is 13.8 Å². The van der Waals surface area contributed by atoms with E-state index >= 15 is 0 Å². The Balaban J connectivity index is 1.42. The van der Waals surface area contributed by atoms with Crippen molar-refractivity contribution in [1.82, 2.24) is 9.97 Å². The average Bonchev–Trinajstić information content (AvgIpc) is 3.39. The first-order valence-electron chi connectivity index (χ1n) is 10.9. The van der Waals surface area contributed by atoms with Crippen LogP contribution in [0.2, 0.25) is 0 Å². The van der Waals surface area contributed by atoms with Crippen molar-refractivity contribution >= 4 is 34.2 Å². The van der Waals surface area contributed by atoms with Gasteiger partial charge in [0.1, 0.15) is 17.5 Å². The fraction of sp³-hybridized carbons (Fsp3) is 0.154. The molecule has 4 aromatic rings. The van der Waals surface area contributed by atoms with E-state index in [1.807, 2.05) is 0 Å². The number of halogens is 2. The number of hydrogen-bond acceptors (Lipinski definition) is 5. The lowest BCUT2D eigenvalue weighted by atomic mass is 10.0. The molecule has 5 rings (SSSR count). The van der Waals surface area contributed by atoms with Gasteiger partial charge in [0.2, 0.25) is 0 Å². The maximum atomic E-state index is 14.6. The SMILES string of the molecule is O=C(Nc1ccc(F)c(C(=O)c2ccc3ncc(N4CCCC4)nc3c2)c1)c1cccc(F)c1. The molecule has 6 nitrogen and oxygen atoms in total. The van der Waals surface area contributed by atoms with Crippen molar-refractivity contribution in [2.75, 3.05) is 23.3 Å². The van der Waals surface area contributed by atoms with Crippen LogP contribution in [0, 0.1) is 11.6 Å². The molecule has 34 heavy (non-hydrogen) atoms. The quantitative estimate of drug-likeness (QED) is 0.427. The fourth-order valence-corrected chi connectivity index (χ4v) is 4.01. The van der Waals surface area contributed by atoms with E-state index in [-0.39, 0.29) is 22.4 Å². The number of fused-ring (bicyclic) bond motifs is 1. The van der Waals surface area contributed by atoms with Gasteiger partial charge in [0, 0.05) is 29.9 Å². The maximum Gasteiger partial charge on any atom is 0.255 e. The van der Waals surface area contributed by atoms with E-state index in [0.29, 0.717) is 11.0 Å². The number of nitrogens with one attached hydrogen (secondary N) is 1. The number of rotatable bonds is 5. The number of nitrogens with zero attached hydrogens (tertiary/aromatic N) is 3. The Labute approximate surface area is 194 Å². The van der Waals surface area contributed by atoms with Gasteiger partial charge in [0.15, 0.2) is 5.78 Å². The molecule has 2 heterocycles. The zero-order valence-corrected chi connectivity index (χ0v) is 18.1. The third-order valence-corrected chi connectivity index (χ3v) is 5.78. The summed E-state index contributed by atoms with van der Waals surface area (Å²) in [6, 6.07) is 13.8. The number of carbonyl (C=O) groups is 2. The topological polar surface area (TPSA) is 75.2 Å². The van der Waals surface area contributed by atoms with Crippen molar-refractivity contribution in [3.05, 3.63) is 95.2 Å². The van der Waals surface area contributed by atoms with Crippen LogP contribution in [0.15, 0.2) is 66.9 Å². The highest BCUT2D eigenvalue weighted by Gasteiger charge is 2.18. The van der Waals surface area contributed by atoms with Crippen LogP contribution in [0.1, 0.15) is 39.1 Å².